The Hall–Kier alpha value is 2.44. The van der Waals surface area contributed by atoms with Gasteiger partial charge in [0.25, 0.3) is 0 Å². The second kappa shape index (κ2) is 21.7. The van der Waals surface area contributed by atoms with Crippen molar-refractivity contribution < 1.29 is 37.9 Å². The van der Waals surface area contributed by atoms with E-state index in [9.17, 15) is 0 Å². The number of hydrogen-bond acceptors (Lipinski definition) is 0. The van der Waals surface area contributed by atoms with Gasteiger partial charge >= 0.3 is 63.9 Å². The van der Waals surface area contributed by atoms with E-state index < -0.39 is 0 Å². The van der Waals surface area contributed by atoms with Gasteiger partial charge in [0.2, 0.25) is 0 Å². The summed E-state index contributed by atoms with van der Waals surface area (Å²) in [6, 6.07) is 0. The van der Waals surface area contributed by atoms with Gasteiger partial charge in [-0.05, 0) is 0 Å². The van der Waals surface area contributed by atoms with Crippen LogP contribution in [0.2, 0.25) is 0 Å². The van der Waals surface area contributed by atoms with Crippen molar-refractivity contribution in [3.05, 3.63) is 27.7 Å². The minimum Gasteiger partial charge on any atom is -0.338 e. The molecule has 0 amide bonds. The summed E-state index contributed by atoms with van der Waals surface area (Å²) in [5, 5.41) is 0. The predicted octanol–water partition coefficient (Wildman–Crippen LogP) is 9.15. The van der Waals surface area contributed by atoms with Crippen molar-refractivity contribution in [2.24, 2.45) is 21.7 Å². The van der Waals surface area contributed by atoms with Gasteiger partial charge in [0.1, 0.15) is 0 Å². The van der Waals surface area contributed by atoms with Crippen LogP contribution in [0.15, 0.2) is 0 Å². The third-order valence-corrected chi connectivity index (χ3v) is 0. The van der Waals surface area contributed by atoms with Gasteiger partial charge in [-0.3, -0.25) is 0 Å². The molecule has 4 heteroatoms. The van der Waals surface area contributed by atoms with Crippen molar-refractivity contribution in [1.29, 1.82) is 0 Å². The van der Waals surface area contributed by atoms with Crippen LogP contribution in [-0.2, 0) is 37.9 Å². The number of halogens is 2. The zero-order chi connectivity index (χ0) is 22.0. The molecule has 0 aromatic rings. The topological polar surface area (TPSA) is 0 Å². The van der Waals surface area contributed by atoms with Crippen LogP contribution in [0.5, 0.6) is 0 Å². The fraction of sp³-hybridized carbons (Fsp3) is 0.800. The summed E-state index contributed by atoms with van der Waals surface area (Å²) in [6.45, 7) is 40.0. The smallest absolute Gasteiger partial charge is 0.0878 e. The van der Waals surface area contributed by atoms with Crippen molar-refractivity contribution in [1.82, 2.24) is 0 Å². The van der Waals surface area contributed by atoms with Crippen LogP contribution in [0.3, 0.4) is 0 Å². The summed E-state index contributed by atoms with van der Waals surface area (Å²) in [6.07, 6.45) is 0. The largest absolute Gasteiger partial charge is 0.338 e. The molecule has 0 aromatic carbocycles. The first kappa shape index (κ1) is 41.0. The second-order valence-electron chi connectivity index (χ2n) is 10.2. The maximum atomic E-state index is 3.77. The molecule has 0 heterocycles. The molecule has 0 aliphatic rings. The first-order valence-corrected chi connectivity index (χ1v) is 17.1. The summed E-state index contributed by atoms with van der Waals surface area (Å²) < 4.78 is 0. The monoisotopic (exact) mass is 836 g/mol. The molecule has 0 radical (unpaired) electrons. The molecule has 0 fully saturated rings. The molecular formula is C20H44Au2Br2-4. The van der Waals surface area contributed by atoms with Gasteiger partial charge in [0, 0.05) is 0 Å². The molecular weight excluding hydrogens is 794 g/mol. The van der Waals surface area contributed by atoms with Crippen LogP contribution in [0, 0.1) is 49.4 Å². The molecule has 0 aromatic heterocycles. The third kappa shape index (κ3) is 2250. The van der Waals surface area contributed by atoms with Gasteiger partial charge in [-0.2, -0.15) is 21.7 Å². The van der Waals surface area contributed by atoms with Gasteiger partial charge < -0.3 is 27.7 Å². The van der Waals surface area contributed by atoms with Crippen molar-refractivity contribution in [2.45, 2.75) is 83.1 Å². The Balaban J connectivity index is -0.0000000420. The molecule has 164 valence electrons. The Morgan fingerprint density at radius 1 is 0.375 bits per heavy atom. The summed E-state index contributed by atoms with van der Waals surface area (Å²) >= 11 is 9.94. The van der Waals surface area contributed by atoms with Crippen molar-refractivity contribution in [3.8, 4) is 0 Å². The van der Waals surface area contributed by atoms with E-state index in [1.54, 1.807) is 0 Å². The normalized spacial score (nSPS) is 10.6. The van der Waals surface area contributed by atoms with E-state index in [0.29, 0.717) is 0 Å². The van der Waals surface area contributed by atoms with E-state index in [1.807, 2.05) is 0 Å². The van der Waals surface area contributed by atoms with Crippen LogP contribution in [0.4, 0.5) is 0 Å². The maximum absolute atomic E-state index is 3.77. The van der Waals surface area contributed by atoms with E-state index >= 15 is 0 Å². The van der Waals surface area contributed by atoms with Crippen LogP contribution in [0.25, 0.3) is 0 Å². The number of hydrogen-bond donors (Lipinski definition) is 0. The molecule has 0 saturated heterocycles. The fourth-order valence-electron chi connectivity index (χ4n) is 0. The molecule has 0 spiro atoms. The average Bonchev–Trinajstić information content (AvgIpc) is 2.12. The summed E-state index contributed by atoms with van der Waals surface area (Å²) in [7, 11) is 0. The standard InChI is InChI=1S/4C5H11.2Au.2BrH/c4*1-5(2,3)4;;;;/h4*1H2,2-4H3;;;2*1H/q4*-1;2*+1;;/p-2. The van der Waals surface area contributed by atoms with Crippen LogP contribution in [-0.4, -0.2) is 0 Å². The molecule has 0 atom stereocenters. The average molecular weight is 838 g/mol. The zero-order valence-corrected chi connectivity index (χ0v) is 25.7. The quantitative estimate of drug-likeness (QED) is 0.169. The van der Waals surface area contributed by atoms with E-state index in [1.165, 1.54) is 0 Å². The summed E-state index contributed by atoms with van der Waals surface area (Å²) in [4.78, 5) is 0. The van der Waals surface area contributed by atoms with E-state index in [2.05, 4.69) is 175 Å². The Kier molecular flexibility index (Phi) is 37.1. The first-order chi connectivity index (χ1) is 10.0. The molecule has 0 N–H and O–H groups in total. The van der Waals surface area contributed by atoms with Gasteiger partial charge in [-0.25, -0.2) is 0 Å². The molecule has 0 nitrogen and oxygen atoms in total. The predicted molar refractivity (Wildman–Crippen MR) is 117 cm³/mol. The van der Waals surface area contributed by atoms with Crippen LogP contribution in [0.1, 0.15) is 83.1 Å². The van der Waals surface area contributed by atoms with Crippen molar-refractivity contribution >= 4 is 26.0 Å². The molecule has 0 aliphatic carbocycles. The molecule has 24 heavy (non-hydrogen) atoms. The van der Waals surface area contributed by atoms with E-state index in [4.69, 9.17) is 0 Å². The van der Waals surface area contributed by atoms with Crippen molar-refractivity contribution in [3.63, 3.8) is 0 Å². The van der Waals surface area contributed by atoms with Crippen LogP contribution >= 0.6 is 26.0 Å². The minimum absolute atomic E-state index is 0.250. The Morgan fingerprint density at radius 3 is 0.375 bits per heavy atom. The Morgan fingerprint density at radius 2 is 0.375 bits per heavy atom. The first-order valence-electron chi connectivity index (χ1n) is 7.64. The summed E-state index contributed by atoms with van der Waals surface area (Å²) in [5.41, 5.74) is 1.00. The maximum Gasteiger partial charge on any atom is -0.0878 e. The molecule has 0 saturated carbocycles. The minimum atomic E-state index is 0.250. The fourth-order valence-corrected chi connectivity index (χ4v) is 0. The van der Waals surface area contributed by atoms with E-state index in [0.717, 1.165) is 0 Å². The molecule has 0 bridgehead atoms. The third-order valence-electron chi connectivity index (χ3n) is 0. The zero-order valence-electron chi connectivity index (χ0n) is 18.2. The Bertz CT molecular complexity index is 130. The second-order valence-corrected chi connectivity index (χ2v) is 10.2. The van der Waals surface area contributed by atoms with E-state index in [-0.39, 0.29) is 21.7 Å². The number of rotatable bonds is 0. The SMILES string of the molecule is [Br][Au].[Br][Au].[CH2-]C(C)(C)C.[CH2-]C(C)(C)C.[CH2-]C(C)(C)C.[CH2-]C(C)(C)C. The molecule has 0 unspecified atom stereocenters. The summed E-state index contributed by atoms with van der Waals surface area (Å²) in [5.74, 6) is 0. The van der Waals surface area contributed by atoms with Crippen LogP contribution < -0.4 is 0 Å². The van der Waals surface area contributed by atoms with Crippen molar-refractivity contribution in [2.75, 3.05) is 0 Å². The van der Waals surface area contributed by atoms with Gasteiger partial charge in [-0.15, -0.1) is 0 Å². The Labute approximate surface area is 194 Å². The van der Waals surface area contributed by atoms with Gasteiger partial charge in [0.15, 0.2) is 0 Å². The molecule has 0 aliphatic heterocycles. The van der Waals surface area contributed by atoms with Gasteiger partial charge in [-0.1, -0.05) is 83.1 Å². The molecule has 0 rings (SSSR count). The van der Waals surface area contributed by atoms with Gasteiger partial charge in [0.05, 0.1) is 0 Å².